The molecule has 3 aromatic rings. The molecular formula is C10H8BrN5. The Morgan fingerprint density at radius 3 is 2.81 bits per heavy atom. The Morgan fingerprint density at radius 1 is 1.19 bits per heavy atom. The van der Waals surface area contributed by atoms with E-state index in [9.17, 15) is 0 Å². The molecule has 80 valence electrons. The first-order chi connectivity index (χ1) is 7.77. The van der Waals surface area contributed by atoms with Gasteiger partial charge in [0.2, 0.25) is 0 Å². The molecule has 0 fully saturated rings. The lowest BCUT2D eigenvalue weighted by Crippen LogP contribution is -1.88. The number of halogens is 1. The van der Waals surface area contributed by atoms with Gasteiger partial charge in [-0.25, -0.2) is 0 Å². The number of rotatable bonds is 1. The summed E-state index contributed by atoms with van der Waals surface area (Å²) in [6.45, 7) is 0. The zero-order valence-corrected chi connectivity index (χ0v) is 9.75. The number of nitrogens with zero attached hydrogens (tertiary/aromatic N) is 2. The van der Waals surface area contributed by atoms with Crippen LogP contribution in [0.1, 0.15) is 0 Å². The summed E-state index contributed by atoms with van der Waals surface area (Å²) < 4.78 is 0.846. The average molecular weight is 278 g/mol. The largest absolute Gasteiger partial charge is 0.384 e. The number of nitrogens with one attached hydrogen (secondary N) is 2. The predicted octanol–water partition coefficient (Wildman–Crippen LogP) is 2.30. The van der Waals surface area contributed by atoms with Crippen molar-refractivity contribution in [2.75, 3.05) is 5.73 Å². The number of hydrogen-bond acceptors (Lipinski definition) is 3. The van der Waals surface area contributed by atoms with Crippen molar-refractivity contribution in [2.24, 2.45) is 0 Å². The highest BCUT2D eigenvalue weighted by Crippen LogP contribution is 2.34. The third-order valence-corrected chi connectivity index (χ3v) is 3.07. The summed E-state index contributed by atoms with van der Waals surface area (Å²) in [5.41, 5.74) is 8.60. The molecule has 0 bridgehead atoms. The highest BCUT2D eigenvalue weighted by Gasteiger charge is 2.12. The minimum atomic E-state index is 0.556. The molecule has 0 aliphatic rings. The fourth-order valence-electron chi connectivity index (χ4n) is 1.76. The van der Waals surface area contributed by atoms with Gasteiger partial charge in [-0.15, -0.1) is 0 Å². The van der Waals surface area contributed by atoms with Gasteiger partial charge in [-0.3, -0.25) is 10.2 Å². The maximum atomic E-state index is 5.82. The Bertz CT molecular complexity index is 654. The van der Waals surface area contributed by atoms with E-state index in [1.807, 2.05) is 18.2 Å². The second kappa shape index (κ2) is 3.34. The lowest BCUT2D eigenvalue weighted by Gasteiger charge is -2.01. The second-order valence-electron chi connectivity index (χ2n) is 3.43. The van der Waals surface area contributed by atoms with Crippen LogP contribution in [0.2, 0.25) is 0 Å². The molecule has 5 nitrogen and oxygen atoms in total. The van der Waals surface area contributed by atoms with E-state index in [1.54, 1.807) is 6.20 Å². The van der Waals surface area contributed by atoms with Crippen molar-refractivity contribution in [3.63, 3.8) is 0 Å². The van der Waals surface area contributed by atoms with Crippen molar-refractivity contribution in [3.8, 4) is 11.1 Å². The number of fused-ring (bicyclic) bond motifs is 1. The molecule has 0 atom stereocenters. The number of anilines is 1. The van der Waals surface area contributed by atoms with Crippen LogP contribution in [0.3, 0.4) is 0 Å². The van der Waals surface area contributed by atoms with Gasteiger partial charge in [0.1, 0.15) is 10.4 Å². The number of benzene rings is 1. The van der Waals surface area contributed by atoms with E-state index in [2.05, 4.69) is 36.3 Å². The summed E-state index contributed by atoms with van der Waals surface area (Å²) in [6.07, 6.45) is 1.71. The van der Waals surface area contributed by atoms with E-state index >= 15 is 0 Å². The van der Waals surface area contributed by atoms with Crippen LogP contribution in [0.25, 0.3) is 22.0 Å². The fraction of sp³-hybridized carbons (Fsp3) is 0. The fourth-order valence-corrected chi connectivity index (χ4v) is 2.27. The Balaban J connectivity index is 2.39. The van der Waals surface area contributed by atoms with Crippen LogP contribution < -0.4 is 5.73 Å². The van der Waals surface area contributed by atoms with E-state index in [0.717, 1.165) is 26.6 Å². The van der Waals surface area contributed by atoms with E-state index in [-0.39, 0.29) is 0 Å². The van der Waals surface area contributed by atoms with Gasteiger partial charge in [0.05, 0.1) is 11.7 Å². The summed E-state index contributed by atoms with van der Waals surface area (Å²) in [5.74, 6) is 0.556. The molecule has 0 aliphatic carbocycles. The van der Waals surface area contributed by atoms with Crippen molar-refractivity contribution < 1.29 is 0 Å². The molecule has 6 heteroatoms. The molecule has 2 heterocycles. The Kier molecular flexibility index (Phi) is 1.97. The Labute approximate surface area is 99.2 Å². The molecule has 1 aromatic carbocycles. The lowest BCUT2D eigenvalue weighted by molar-refractivity contribution is 1.10. The smallest absolute Gasteiger partial charge is 0.126 e. The Hall–Kier alpha value is -1.82. The maximum absolute atomic E-state index is 5.82. The summed E-state index contributed by atoms with van der Waals surface area (Å²) in [5, 5.41) is 14.7. The first-order valence-corrected chi connectivity index (χ1v) is 5.48. The number of nitrogens with two attached hydrogens (primary N) is 1. The van der Waals surface area contributed by atoms with Crippen molar-refractivity contribution in [2.45, 2.75) is 0 Å². The van der Waals surface area contributed by atoms with Gasteiger partial charge in [0, 0.05) is 10.9 Å². The quantitative estimate of drug-likeness (QED) is 0.638. The van der Waals surface area contributed by atoms with Gasteiger partial charge in [0.15, 0.2) is 0 Å². The van der Waals surface area contributed by atoms with Crippen LogP contribution in [-0.2, 0) is 0 Å². The number of nitrogen functional groups attached to an aromatic ring is 1. The molecule has 0 aliphatic heterocycles. The van der Waals surface area contributed by atoms with Crippen LogP contribution in [0.5, 0.6) is 0 Å². The van der Waals surface area contributed by atoms with Crippen molar-refractivity contribution in [1.29, 1.82) is 0 Å². The molecule has 0 radical (unpaired) electrons. The van der Waals surface area contributed by atoms with Crippen molar-refractivity contribution in [3.05, 3.63) is 29.0 Å². The van der Waals surface area contributed by atoms with Crippen LogP contribution in [0, 0.1) is 0 Å². The molecule has 3 rings (SSSR count). The van der Waals surface area contributed by atoms with Gasteiger partial charge in [-0.05, 0) is 27.6 Å². The molecule has 0 saturated heterocycles. The monoisotopic (exact) mass is 277 g/mol. The second-order valence-corrected chi connectivity index (χ2v) is 4.23. The zero-order chi connectivity index (χ0) is 11.1. The third-order valence-electron chi connectivity index (χ3n) is 2.50. The third kappa shape index (κ3) is 1.23. The summed E-state index contributed by atoms with van der Waals surface area (Å²) in [4.78, 5) is 0. The van der Waals surface area contributed by atoms with E-state index in [1.165, 1.54) is 0 Å². The molecule has 0 saturated carbocycles. The van der Waals surface area contributed by atoms with E-state index < -0.39 is 0 Å². The predicted molar refractivity (Wildman–Crippen MR) is 65.8 cm³/mol. The molecule has 0 amide bonds. The first-order valence-electron chi connectivity index (χ1n) is 4.69. The minimum absolute atomic E-state index is 0.556. The minimum Gasteiger partial charge on any atom is -0.384 e. The van der Waals surface area contributed by atoms with E-state index in [4.69, 9.17) is 5.73 Å². The molecular weight excluding hydrogens is 270 g/mol. The number of hydrogen-bond donors (Lipinski definition) is 3. The summed E-state index contributed by atoms with van der Waals surface area (Å²) in [6, 6.07) is 5.87. The lowest BCUT2D eigenvalue weighted by atomic mass is 10.0. The molecule has 16 heavy (non-hydrogen) atoms. The topological polar surface area (TPSA) is 83.4 Å². The zero-order valence-electron chi connectivity index (χ0n) is 8.16. The number of aromatic nitrogens is 4. The standard InChI is InChI=1S/C10H8BrN5/c11-9-8-5(6-4-13-16-10(6)12)2-1-3-7(8)14-15-9/h1-4H,(H,14,15)(H3,12,13,16). The van der Waals surface area contributed by atoms with Crippen molar-refractivity contribution in [1.82, 2.24) is 20.4 Å². The normalized spacial score (nSPS) is 11.1. The SMILES string of the molecule is Nc1[nH]ncc1-c1cccc2n[nH]c(Br)c12. The van der Waals surface area contributed by atoms with Crippen LogP contribution in [-0.4, -0.2) is 20.4 Å². The Morgan fingerprint density at radius 2 is 2.06 bits per heavy atom. The highest BCUT2D eigenvalue weighted by molar-refractivity contribution is 9.10. The number of aromatic amines is 2. The highest BCUT2D eigenvalue weighted by atomic mass is 79.9. The van der Waals surface area contributed by atoms with Crippen LogP contribution in [0.15, 0.2) is 29.0 Å². The molecule has 4 N–H and O–H groups in total. The number of H-pyrrole nitrogens is 2. The van der Waals surface area contributed by atoms with Crippen LogP contribution in [0.4, 0.5) is 5.82 Å². The molecule has 2 aromatic heterocycles. The first kappa shape index (κ1) is 9.41. The van der Waals surface area contributed by atoms with Crippen LogP contribution >= 0.6 is 15.9 Å². The van der Waals surface area contributed by atoms with E-state index in [0.29, 0.717) is 5.82 Å². The van der Waals surface area contributed by atoms with Gasteiger partial charge >= 0.3 is 0 Å². The molecule has 0 spiro atoms. The average Bonchev–Trinajstić information content (AvgIpc) is 2.86. The summed E-state index contributed by atoms with van der Waals surface area (Å²) >= 11 is 3.44. The van der Waals surface area contributed by atoms with Crippen molar-refractivity contribution >= 4 is 32.7 Å². The molecule has 0 unspecified atom stereocenters. The maximum Gasteiger partial charge on any atom is 0.126 e. The van der Waals surface area contributed by atoms with Gasteiger partial charge in [-0.1, -0.05) is 12.1 Å². The van der Waals surface area contributed by atoms with Gasteiger partial charge in [0.25, 0.3) is 0 Å². The summed E-state index contributed by atoms with van der Waals surface area (Å²) in [7, 11) is 0. The van der Waals surface area contributed by atoms with Gasteiger partial charge in [-0.2, -0.15) is 10.2 Å². The van der Waals surface area contributed by atoms with Gasteiger partial charge < -0.3 is 5.73 Å².